The van der Waals surface area contributed by atoms with Crippen molar-refractivity contribution in [3.63, 3.8) is 0 Å². The van der Waals surface area contributed by atoms with Gasteiger partial charge in [0.25, 0.3) is 10.0 Å². The number of halogens is 4. The van der Waals surface area contributed by atoms with Crippen molar-refractivity contribution in [1.82, 2.24) is 10.2 Å². The van der Waals surface area contributed by atoms with Crippen molar-refractivity contribution in [3.8, 4) is 0 Å². The Hall–Kier alpha value is -2.30. The second-order valence-corrected chi connectivity index (χ2v) is 8.91. The predicted molar refractivity (Wildman–Crippen MR) is 109 cm³/mol. The normalized spacial score (nSPS) is 12.1. The third-order valence-electron chi connectivity index (χ3n) is 4.04. The van der Waals surface area contributed by atoms with Gasteiger partial charge >= 0.3 is 6.18 Å². The van der Waals surface area contributed by atoms with Gasteiger partial charge in [-0.2, -0.15) is 13.2 Å². The Morgan fingerprint density at radius 2 is 1.73 bits per heavy atom. The van der Waals surface area contributed by atoms with Crippen LogP contribution in [0.25, 0.3) is 0 Å². The molecule has 1 N–H and O–H groups in total. The molecular weight excluding hydrogens is 443 g/mol. The van der Waals surface area contributed by atoms with Gasteiger partial charge in [0.2, 0.25) is 5.91 Å². The first-order valence-corrected chi connectivity index (χ1v) is 10.6. The van der Waals surface area contributed by atoms with E-state index in [-0.39, 0.29) is 16.5 Å². The van der Waals surface area contributed by atoms with Crippen molar-refractivity contribution < 1.29 is 26.4 Å². The van der Waals surface area contributed by atoms with Gasteiger partial charge in [0.05, 0.1) is 21.2 Å². The van der Waals surface area contributed by atoms with E-state index in [1.165, 1.54) is 24.3 Å². The van der Waals surface area contributed by atoms with Crippen LogP contribution in [0.15, 0.2) is 53.4 Å². The van der Waals surface area contributed by atoms with Crippen LogP contribution in [0, 0.1) is 0 Å². The van der Waals surface area contributed by atoms with Gasteiger partial charge < -0.3 is 10.2 Å². The molecule has 2 aromatic carbocycles. The maximum atomic E-state index is 13.2. The summed E-state index contributed by atoms with van der Waals surface area (Å²) >= 11 is 6.05. The molecule has 0 heterocycles. The van der Waals surface area contributed by atoms with Crippen molar-refractivity contribution in [3.05, 3.63) is 59.1 Å². The molecule has 0 atom stereocenters. The Morgan fingerprint density at radius 1 is 1.10 bits per heavy atom. The number of hydrogen-bond donors (Lipinski definition) is 1. The van der Waals surface area contributed by atoms with E-state index in [1.54, 1.807) is 20.2 Å². The number of benzene rings is 2. The monoisotopic (exact) mass is 463 g/mol. The van der Waals surface area contributed by atoms with Crippen molar-refractivity contribution >= 4 is 33.2 Å². The first-order valence-electron chi connectivity index (χ1n) is 8.79. The second kappa shape index (κ2) is 9.67. The zero-order chi connectivity index (χ0) is 22.5. The van der Waals surface area contributed by atoms with Crippen LogP contribution in [0.4, 0.5) is 18.9 Å². The molecule has 0 aliphatic rings. The lowest BCUT2D eigenvalue weighted by atomic mass is 10.2. The Morgan fingerprint density at radius 3 is 2.30 bits per heavy atom. The van der Waals surface area contributed by atoms with Crippen LogP contribution < -0.4 is 9.62 Å². The lowest BCUT2D eigenvalue weighted by Gasteiger charge is -2.26. The molecular formula is C19H21ClF3N3O3S. The summed E-state index contributed by atoms with van der Waals surface area (Å²) in [5.74, 6) is -0.676. The molecule has 0 saturated carbocycles. The van der Waals surface area contributed by atoms with Gasteiger partial charge in [-0.3, -0.25) is 9.10 Å². The highest BCUT2D eigenvalue weighted by molar-refractivity contribution is 7.92. The highest BCUT2D eigenvalue weighted by Crippen LogP contribution is 2.37. The van der Waals surface area contributed by atoms with Crippen molar-refractivity contribution in [2.24, 2.45) is 0 Å². The van der Waals surface area contributed by atoms with E-state index in [0.29, 0.717) is 16.9 Å². The summed E-state index contributed by atoms with van der Waals surface area (Å²) in [5.41, 5.74) is -1.51. The predicted octanol–water partition coefficient (Wildman–Crippen LogP) is 3.23. The summed E-state index contributed by atoms with van der Waals surface area (Å²) < 4.78 is 66.5. The smallest absolute Gasteiger partial charge is 0.353 e. The maximum Gasteiger partial charge on any atom is 0.416 e. The maximum absolute atomic E-state index is 13.2. The molecule has 2 rings (SSSR count). The van der Waals surface area contributed by atoms with E-state index in [1.807, 2.05) is 4.90 Å². The summed E-state index contributed by atoms with van der Waals surface area (Å²) in [6.07, 6.45) is -4.71. The molecule has 2 aromatic rings. The molecule has 30 heavy (non-hydrogen) atoms. The summed E-state index contributed by atoms with van der Waals surface area (Å²) in [6.45, 7) is 0.00849. The molecule has 0 spiro atoms. The van der Waals surface area contributed by atoms with Crippen LogP contribution in [0.2, 0.25) is 5.02 Å². The number of rotatable bonds is 8. The minimum atomic E-state index is -4.71. The average Bonchev–Trinajstić information content (AvgIpc) is 2.66. The molecule has 0 unspecified atom stereocenters. The van der Waals surface area contributed by atoms with Crippen LogP contribution in [-0.2, 0) is 21.0 Å². The number of carbonyl (C=O) groups is 1. The van der Waals surface area contributed by atoms with Crippen LogP contribution >= 0.6 is 11.6 Å². The number of alkyl halides is 3. The highest BCUT2D eigenvalue weighted by Gasteiger charge is 2.34. The lowest BCUT2D eigenvalue weighted by molar-refractivity contribution is -0.137. The Balaban J connectivity index is 2.48. The summed E-state index contributed by atoms with van der Waals surface area (Å²) in [4.78, 5) is 14.0. The molecule has 0 aliphatic carbocycles. The van der Waals surface area contributed by atoms with Crippen LogP contribution in [0.5, 0.6) is 0 Å². The summed E-state index contributed by atoms with van der Waals surface area (Å²) in [7, 11) is -0.780. The van der Waals surface area contributed by atoms with Gasteiger partial charge in [-0.15, -0.1) is 0 Å². The van der Waals surface area contributed by atoms with Gasteiger partial charge in [-0.25, -0.2) is 8.42 Å². The van der Waals surface area contributed by atoms with Crippen molar-refractivity contribution in [2.45, 2.75) is 11.1 Å². The minimum absolute atomic E-state index is 0.181. The summed E-state index contributed by atoms with van der Waals surface area (Å²) in [5, 5.41) is 2.32. The molecule has 164 valence electrons. The average molecular weight is 464 g/mol. The van der Waals surface area contributed by atoms with E-state index in [2.05, 4.69) is 5.32 Å². The molecule has 0 radical (unpaired) electrons. The largest absolute Gasteiger partial charge is 0.416 e. The molecule has 0 aromatic heterocycles. The van der Waals surface area contributed by atoms with Gasteiger partial charge in [-0.05, 0) is 44.4 Å². The van der Waals surface area contributed by atoms with E-state index in [4.69, 9.17) is 11.6 Å². The number of likely N-dealkylation sites (N-methyl/N-ethyl adjacent to an activating group) is 1. The van der Waals surface area contributed by atoms with Gasteiger partial charge in [-0.1, -0.05) is 29.8 Å². The third kappa shape index (κ3) is 6.10. The van der Waals surface area contributed by atoms with E-state index >= 15 is 0 Å². The fourth-order valence-electron chi connectivity index (χ4n) is 2.50. The lowest BCUT2D eigenvalue weighted by Crippen LogP contribution is -2.42. The molecule has 0 bridgehead atoms. The Bertz CT molecular complexity index is 984. The fraction of sp³-hybridized carbons (Fsp3) is 0.316. The number of sulfonamides is 1. The van der Waals surface area contributed by atoms with Crippen LogP contribution in [0.1, 0.15) is 5.56 Å². The number of nitrogens with one attached hydrogen (secondary N) is 1. The Labute approximate surface area is 178 Å². The van der Waals surface area contributed by atoms with Gasteiger partial charge in [0, 0.05) is 13.1 Å². The third-order valence-corrected chi connectivity index (χ3v) is 6.14. The topological polar surface area (TPSA) is 69.7 Å². The van der Waals surface area contributed by atoms with Crippen molar-refractivity contribution in [1.29, 1.82) is 0 Å². The molecule has 0 aliphatic heterocycles. The minimum Gasteiger partial charge on any atom is -0.353 e. The zero-order valence-corrected chi connectivity index (χ0v) is 17.9. The number of amides is 1. The highest BCUT2D eigenvalue weighted by atomic mass is 35.5. The van der Waals surface area contributed by atoms with Gasteiger partial charge in [0.15, 0.2) is 0 Å². The molecule has 0 fully saturated rings. The molecule has 1 amide bonds. The number of nitrogens with zero attached hydrogens (tertiary/aromatic N) is 2. The number of hydrogen-bond acceptors (Lipinski definition) is 4. The van der Waals surface area contributed by atoms with E-state index in [0.717, 1.165) is 12.1 Å². The molecule has 0 saturated heterocycles. The quantitative estimate of drug-likeness (QED) is 0.652. The second-order valence-electron chi connectivity index (χ2n) is 6.64. The number of anilines is 1. The van der Waals surface area contributed by atoms with Crippen molar-refractivity contribution in [2.75, 3.05) is 38.0 Å². The van der Waals surface area contributed by atoms with Crippen LogP contribution in [-0.4, -0.2) is 53.0 Å². The zero-order valence-electron chi connectivity index (χ0n) is 16.3. The van der Waals surface area contributed by atoms with Crippen LogP contribution in [0.3, 0.4) is 0 Å². The van der Waals surface area contributed by atoms with E-state index < -0.39 is 39.9 Å². The first kappa shape index (κ1) is 24.0. The van der Waals surface area contributed by atoms with Gasteiger partial charge in [0.1, 0.15) is 6.54 Å². The molecule has 6 nitrogen and oxygen atoms in total. The standard InChI is InChI=1S/C19H21ClF3N3O3S/c1-25(2)11-10-24-18(27)13-26(30(28,29)15-6-4-3-5-7-15)17-12-14(19(21,22)23)8-9-16(17)20/h3-9,12H,10-11,13H2,1-2H3,(H,24,27). The number of carbonyl (C=O) groups excluding carboxylic acids is 1. The molecule has 11 heteroatoms. The SMILES string of the molecule is CN(C)CCNC(=O)CN(c1cc(C(F)(F)F)ccc1Cl)S(=O)(=O)c1ccccc1. The van der Waals surface area contributed by atoms with E-state index in [9.17, 15) is 26.4 Å². The Kier molecular flexibility index (Phi) is 7.73. The summed E-state index contributed by atoms with van der Waals surface area (Å²) in [6, 6.07) is 9.42. The fourth-order valence-corrected chi connectivity index (χ4v) is 4.23. The first-order chi connectivity index (χ1) is 13.9.